The SMILES string of the molecule is CCc1cnc(N)nc1N1CCN(C[C@@H]2CCCO2)CC1. The lowest BCUT2D eigenvalue weighted by molar-refractivity contribution is 0.0712. The van der Waals surface area contributed by atoms with Crippen LogP contribution in [0.25, 0.3) is 0 Å². The summed E-state index contributed by atoms with van der Waals surface area (Å²) in [6.45, 7) is 8.25. The molecule has 116 valence electrons. The zero-order valence-electron chi connectivity index (χ0n) is 12.8. The summed E-state index contributed by atoms with van der Waals surface area (Å²) in [5.74, 6) is 1.38. The van der Waals surface area contributed by atoms with Gasteiger partial charge >= 0.3 is 0 Å². The van der Waals surface area contributed by atoms with Gasteiger partial charge in [-0.05, 0) is 19.3 Å². The minimum absolute atomic E-state index is 0.365. The van der Waals surface area contributed by atoms with E-state index in [1.165, 1.54) is 18.4 Å². The maximum atomic E-state index is 5.75. The molecule has 0 spiro atoms. The average Bonchev–Trinajstić information content (AvgIpc) is 3.01. The minimum atomic E-state index is 0.365. The molecule has 2 aliphatic heterocycles. The fraction of sp³-hybridized carbons (Fsp3) is 0.733. The summed E-state index contributed by atoms with van der Waals surface area (Å²) < 4.78 is 5.73. The van der Waals surface area contributed by atoms with E-state index in [4.69, 9.17) is 10.5 Å². The van der Waals surface area contributed by atoms with Crippen LogP contribution in [0.1, 0.15) is 25.3 Å². The number of nitrogens with two attached hydrogens (primary N) is 1. The third-order valence-electron chi connectivity index (χ3n) is 4.40. The number of rotatable bonds is 4. The van der Waals surface area contributed by atoms with E-state index in [0.29, 0.717) is 12.1 Å². The van der Waals surface area contributed by atoms with Crippen LogP contribution in [0.4, 0.5) is 11.8 Å². The summed E-state index contributed by atoms with van der Waals surface area (Å²) in [5.41, 5.74) is 6.93. The molecule has 6 heteroatoms. The highest BCUT2D eigenvalue weighted by atomic mass is 16.5. The van der Waals surface area contributed by atoms with Gasteiger partial charge in [-0.1, -0.05) is 6.92 Å². The van der Waals surface area contributed by atoms with Crippen molar-refractivity contribution >= 4 is 11.8 Å². The van der Waals surface area contributed by atoms with E-state index in [2.05, 4.69) is 26.7 Å². The average molecular weight is 291 g/mol. The predicted octanol–water partition coefficient (Wildman–Crippen LogP) is 0.922. The minimum Gasteiger partial charge on any atom is -0.377 e. The smallest absolute Gasteiger partial charge is 0.221 e. The van der Waals surface area contributed by atoms with E-state index < -0.39 is 0 Å². The lowest BCUT2D eigenvalue weighted by Gasteiger charge is -2.37. The molecule has 2 aliphatic rings. The van der Waals surface area contributed by atoms with Crippen LogP contribution in [0.15, 0.2) is 6.20 Å². The number of hydrogen-bond donors (Lipinski definition) is 1. The summed E-state index contributed by atoms with van der Waals surface area (Å²) in [5, 5.41) is 0. The maximum Gasteiger partial charge on any atom is 0.221 e. The lowest BCUT2D eigenvalue weighted by atomic mass is 10.2. The highest BCUT2D eigenvalue weighted by Gasteiger charge is 2.24. The first-order valence-electron chi connectivity index (χ1n) is 7.96. The lowest BCUT2D eigenvalue weighted by Crippen LogP contribution is -2.49. The van der Waals surface area contributed by atoms with Crippen molar-refractivity contribution in [3.63, 3.8) is 0 Å². The first kappa shape index (κ1) is 14.5. The maximum absolute atomic E-state index is 5.75. The Morgan fingerprint density at radius 2 is 2.14 bits per heavy atom. The van der Waals surface area contributed by atoms with Crippen molar-refractivity contribution in [1.82, 2.24) is 14.9 Å². The third kappa shape index (κ3) is 3.44. The molecule has 0 aliphatic carbocycles. The normalized spacial score (nSPS) is 23.7. The van der Waals surface area contributed by atoms with Gasteiger partial charge in [-0.25, -0.2) is 4.98 Å². The van der Waals surface area contributed by atoms with Crippen LogP contribution in [0.5, 0.6) is 0 Å². The van der Waals surface area contributed by atoms with Crippen molar-refractivity contribution < 1.29 is 4.74 Å². The van der Waals surface area contributed by atoms with E-state index in [1.807, 2.05) is 6.20 Å². The molecule has 21 heavy (non-hydrogen) atoms. The standard InChI is InChI=1S/C15H25N5O/c1-2-12-10-17-15(16)18-14(12)20-7-5-19(6-8-20)11-13-4-3-9-21-13/h10,13H,2-9,11H2,1H3,(H2,16,17,18)/t13-/m0/s1. The second kappa shape index (κ2) is 6.58. The number of ether oxygens (including phenoxy) is 1. The predicted molar refractivity (Wildman–Crippen MR) is 83.4 cm³/mol. The molecule has 2 N–H and O–H groups in total. The molecular weight excluding hydrogens is 266 g/mol. The Morgan fingerprint density at radius 3 is 2.81 bits per heavy atom. The molecule has 0 aromatic carbocycles. The Hall–Kier alpha value is -1.40. The van der Waals surface area contributed by atoms with Crippen LogP contribution in [0.3, 0.4) is 0 Å². The second-order valence-corrected chi connectivity index (χ2v) is 5.85. The molecule has 6 nitrogen and oxygen atoms in total. The second-order valence-electron chi connectivity index (χ2n) is 5.85. The first-order chi connectivity index (χ1) is 10.3. The van der Waals surface area contributed by atoms with Gasteiger partial charge < -0.3 is 15.4 Å². The Labute approximate surface area is 126 Å². The largest absolute Gasteiger partial charge is 0.377 e. The van der Waals surface area contributed by atoms with E-state index >= 15 is 0 Å². The summed E-state index contributed by atoms with van der Waals surface area (Å²) in [7, 11) is 0. The van der Waals surface area contributed by atoms with Crippen molar-refractivity contribution in [2.24, 2.45) is 0 Å². The van der Waals surface area contributed by atoms with Crippen LogP contribution < -0.4 is 10.6 Å². The molecule has 2 fully saturated rings. The van der Waals surface area contributed by atoms with Crippen LogP contribution in [0, 0.1) is 0 Å². The van der Waals surface area contributed by atoms with Gasteiger partial charge in [-0.15, -0.1) is 0 Å². The van der Waals surface area contributed by atoms with E-state index in [1.54, 1.807) is 0 Å². The molecule has 2 saturated heterocycles. The Bertz CT molecular complexity index is 467. The number of hydrogen-bond acceptors (Lipinski definition) is 6. The molecule has 0 saturated carbocycles. The zero-order valence-corrected chi connectivity index (χ0v) is 12.8. The summed E-state index contributed by atoms with van der Waals surface area (Å²) in [6.07, 6.45) is 5.66. The molecule has 0 bridgehead atoms. The number of aryl methyl sites for hydroxylation is 1. The molecule has 0 radical (unpaired) electrons. The topological polar surface area (TPSA) is 67.5 Å². The van der Waals surface area contributed by atoms with Gasteiger partial charge in [0.2, 0.25) is 5.95 Å². The Kier molecular flexibility index (Phi) is 4.55. The number of anilines is 2. The van der Waals surface area contributed by atoms with Gasteiger partial charge in [0.15, 0.2) is 0 Å². The summed E-state index contributed by atoms with van der Waals surface area (Å²) in [4.78, 5) is 13.4. The number of nitrogens with zero attached hydrogens (tertiary/aromatic N) is 4. The van der Waals surface area contributed by atoms with Gasteiger partial charge in [-0.3, -0.25) is 4.90 Å². The number of aromatic nitrogens is 2. The number of piperazine rings is 1. The van der Waals surface area contributed by atoms with Crippen LogP contribution in [0.2, 0.25) is 0 Å². The quantitative estimate of drug-likeness (QED) is 0.890. The number of nitrogen functional groups attached to an aromatic ring is 1. The van der Waals surface area contributed by atoms with Crippen molar-refractivity contribution in [3.8, 4) is 0 Å². The van der Waals surface area contributed by atoms with Gasteiger partial charge in [0.25, 0.3) is 0 Å². The molecule has 1 atom stereocenters. The van der Waals surface area contributed by atoms with E-state index in [9.17, 15) is 0 Å². The zero-order chi connectivity index (χ0) is 14.7. The monoisotopic (exact) mass is 291 g/mol. The molecule has 3 rings (SSSR count). The van der Waals surface area contributed by atoms with Crippen molar-refractivity contribution in [1.29, 1.82) is 0 Å². The highest BCUT2D eigenvalue weighted by Crippen LogP contribution is 2.21. The van der Waals surface area contributed by atoms with Crippen molar-refractivity contribution in [2.45, 2.75) is 32.3 Å². The van der Waals surface area contributed by atoms with Gasteiger partial charge in [-0.2, -0.15) is 4.98 Å². The highest BCUT2D eigenvalue weighted by molar-refractivity contribution is 5.49. The van der Waals surface area contributed by atoms with E-state index in [-0.39, 0.29) is 0 Å². The summed E-state index contributed by atoms with van der Waals surface area (Å²) in [6, 6.07) is 0. The van der Waals surface area contributed by atoms with Crippen LogP contribution in [-0.4, -0.2) is 60.3 Å². The Morgan fingerprint density at radius 1 is 1.33 bits per heavy atom. The molecular formula is C15H25N5O. The van der Waals surface area contributed by atoms with Gasteiger partial charge in [0.05, 0.1) is 6.10 Å². The fourth-order valence-corrected chi connectivity index (χ4v) is 3.15. The van der Waals surface area contributed by atoms with Crippen molar-refractivity contribution in [3.05, 3.63) is 11.8 Å². The molecule has 0 amide bonds. The summed E-state index contributed by atoms with van der Waals surface area (Å²) >= 11 is 0. The Balaban J connectivity index is 1.59. The third-order valence-corrected chi connectivity index (χ3v) is 4.40. The molecule has 3 heterocycles. The van der Waals surface area contributed by atoms with E-state index in [0.717, 1.165) is 51.6 Å². The van der Waals surface area contributed by atoms with Crippen LogP contribution >= 0.6 is 0 Å². The molecule has 1 aromatic heterocycles. The fourth-order valence-electron chi connectivity index (χ4n) is 3.15. The molecule has 0 unspecified atom stereocenters. The first-order valence-corrected chi connectivity index (χ1v) is 7.96. The van der Waals surface area contributed by atoms with Crippen LogP contribution in [-0.2, 0) is 11.2 Å². The van der Waals surface area contributed by atoms with Gasteiger partial charge in [0, 0.05) is 51.1 Å². The van der Waals surface area contributed by atoms with Crippen molar-refractivity contribution in [2.75, 3.05) is 50.0 Å². The molecule has 1 aromatic rings. The van der Waals surface area contributed by atoms with Gasteiger partial charge in [0.1, 0.15) is 5.82 Å².